The molecule has 3 aromatic rings. The van der Waals surface area contributed by atoms with E-state index in [1.165, 1.54) is 10.9 Å². The van der Waals surface area contributed by atoms with Crippen molar-refractivity contribution in [3.63, 3.8) is 0 Å². The molecule has 0 fully saturated rings. The highest BCUT2D eigenvalue weighted by atomic mass is 16.5. The van der Waals surface area contributed by atoms with Gasteiger partial charge in [0.1, 0.15) is 18.9 Å². The zero-order valence-electron chi connectivity index (χ0n) is 17.9. The lowest BCUT2D eigenvalue weighted by Gasteiger charge is -2.19. The fourth-order valence-corrected chi connectivity index (χ4v) is 2.92. The van der Waals surface area contributed by atoms with Crippen molar-refractivity contribution in [2.24, 2.45) is 0 Å². The van der Waals surface area contributed by atoms with Crippen molar-refractivity contribution in [3.05, 3.63) is 59.2 Å². The van der Waals surface area contributed by atoms with E-state index < -0.39 is 5.97 Å². The Labute approximate surface area is 180 Å². The zero-order chi connectivity index (χ0) is 22.6. The van der Waals surface area contributed by atoms with Crippen LogP contribution in [0.4, 0.5) is 0 Å². The van der Waals surface area contributed by atoms with Crippen LogP contribution in [0.1, 0.15) is 42.3 Å². The summed E-state index contributed by atoms with van der Waals surface area (Å²) in [7, 11) is 0. The summed E-state index contributed by atoms with van der Waals surface area (Å²) in [6.45, 7) is 7.71. The molecule has 1 amide bonds. The van der Waals surface area contributed by atoms with Crippen LogP contribution >= 0.6 is 0 Å². The Kier molecular flexibility index (Phi) is 6.33. The van der Waals surface area contributed by atoms with Gasteiger partial charge in [-0.1, -0.05) is 18.2 Å². The van der Waals surface area contributed by atoms with E-state index in [4.69, 9.17) is 4.74 Å². The summed E-state index contributed by atoms with van der Waals surface area (Å²) >= 11 is 0. The Bertz CT molecular complexity index is 1080. The Morgan fingerprint density at radius 3 is 2.45 bits per heavy atom. The van der Waals surface area contributed by atoms with Crippen molar-refractivity contribution in [1.29, 1.82) is 0 Å². The van der Waals surface area contributed by atoms with Gasteiger partial charge in [0.05, 0.1) is 5.97 Å². The average molecular weight is 422 g/mol. The molecule has 0 radical (unpaired) electrons. The molecule has 1 aromatic heterocycles. The number of hydrogen-bond donors (Lipinski definition) is 1. The number of rotatable bonds is 7. The van der Waals surface area contributed by atoms with Gasteiger partial charge >= 0.3 is 0 Å². The van der Waals surface area contributed by atoms with Crippen molar-refractivity contribution < 1.29 is 19.4 Å². The summed E-state index contributed by atoms with van der Waals surface area (Å²) in [4.78, 5) is 24.2. The van der Waals surface area contributed by atoms with E-state index in [9.17, 15) is 14.7 Å². The highest BCUT2D eigenvalue weighted by molar-refractivity contribution is 5.87. The van der Waals surface area contributed by atoms with Gasteiger partial charge in [-0.3, -0.25) is 4.79 Å². The lowest BCUT2D eigenvalue weighted by Crippen LogP contribution is -2.42. The van der Waals surface area contributed by atoms with Crippen LogP contribution in [0, 0.1) is 6.92 Å². The summed E-state index contributed by atoms with van der Waals surface area (Å²) in [5.74, 6) is -0.338. The van der Waals surface area contributed by atoms with E-state index in [-0.39, 0.29) is 23.6 Å². The molecule has 0 unspecified atom stereocenters. The van der Waals surface area contributed by atoms with Crippen molar-refractivity contribution >= 4 is 11.9 Å². The first-order valence-electron chi connectivity index (χ1n) is 9.74. The molecule has 162 valence electrons. The molecule has 0 aliphatic heterocycles. The van der Waals surface area contributed by atoms with E-state index in [0.717, 1.165) is 11.1 Å². The van der Waals surface area contributed by atoms with E-state index >= 15 is 0 Å². The number of carboxylic acid groups (broad SMARTS) is 1. The van der Waals surface area contributed by atoms with Gasteiger partial charge in [-0.15, -0.1) is 10.2 Å². The Morgan fingerprint density at radius 2 is 1.84 bits per heavy atom. The van der Waals surface area contributed by atoms with Gasteiger partial charge in [-0.25, -0.2) is 0 Å². The molecule has 0 saturated heterocycles. The van der Waals surface area contributed by atoms with Crippen molar-refractivity contribution in [2.75, 3.05) is 0 Å². The first-order chi connectivity index (χ1) is 14.6. The van der Waals surface area contributed by atoms with Crippen LogP contribution < -0.4 is 15.2 Å². The molecule has 0 aliphatic rings. The lowest BCUT2D eigenvalue weighted by molar-refractivity contribution is -0.255. The molecule has 0 spiro atoms. The largest absolute Gasteiger partial charge is 0.545 e. The minimum absolute atomic E-state index is 0.0123. The maximum Gasteiger partial charge on any atom is 0.244 e. The van der Waals surface area contributed by atoms with E-state index in [0.29, 0.717) is 23.7 Å². The van der Waals surface area contributed by atoms with Crippen molar-refractivity contribution in [1.82, 2.24) is 25.5 Å². The van der Waals surface area contributed by atoms with Gasteiger partial charge in [-0.2, -0.15) is 4.80 Å². The number of nitrogens with zero attached hydrogens (tertiary/aromatic N) is 4. The molecule has 9 nitrogen and oxygen atoms in total. The molecule has 31 heavy (non-hydrogen) atoms. The number of nitrogens with one attached hydrogen (secondary N) is 1. The number of aromatic carboxylic acids is 1. The van der Waals surface area contributed by atoms with Crippen LogP contribution in [0.2, 0.25) is 0 Å². The minimum Gasteiger partial charge on any atom is -0.545 e. The summed E-state index contributed by atoms with van der Waals surface area (Å²) in [6.07, 6.45) is 0. The predicted octanol–water partition coefficient (Wildman–Crippen LogP) is 1.51. The maximum absolute atomic E-state index is 12.0. The molecule has 0 aliphatic carbocycles. The maximum atomic E-state index is 12.0. The van der Waals surface area contributed by atoms with Crippen LogP contribution in [0.15, 0.2) is 42.5 Å². The minimum atomic E-state index is -1.19. The van der Waals surface area contributed by atoms with Crippen LogP contribution in [-0.2, 0) is 17.9 Å². The fraction of sp³-hybridized carbons (Fsp3) is 0.318. The van der Waals surface area contributed by atoms with Gasteiger partial charge in [0.2, 0.25) is 11.7 Å². The lowest BCUT2D eigenvalue weighted by atomic mass is 10.1. The number of hydrogen-bond acceptors (Lipinski definition) is 7. The number of ether oxygens (including phenoxy) is 1. The molecule has 0 bridgehead atoms. The SMILES string of the molecule is Cc1cc(COc2ccc(-c3nnn(CC(=O)NC(C)(C)C)n3)cc2)ccc1C(=O)[O-]. The summed E-state index contributed by atoms with van der Waals surface area (Å²) in [6, 6.07) is 12.1. The number of benzene rings is 2. The highest BCUT2D eigenvalue weighted by Crippen LogP contribution is 2.20. The second-order valence-electron chi connectivity index (χ2n) is 8.19. The summed E-state index contributed by atoms with van der Waals surface area (Å²) in [5, 5.41) is 26.0. The molecule has 1 N–H and O–H groups in total. The number of amides is 1. The number of aromatic nitrogens is 4. The Hall–Kier alpha value is -3.75. The van der Waals surface area contributed by atoms with Crippen LogP contribution in [0.25, 0.3) is 11.4 Å². The zero-order valence-corrected chi connectivity index (χ0v) is 17.9. The quantitative estimate of drug-likeness (QED) is 0.612. The van der Waals surface area contributed by atoms with Crippen molar-refractivity contribution in [3.8, 4) is 17.1 Å². The molecule has 3 rings (SSSR count). The van der Waals surface area contributed by atoms with Crippen LogP contribution in [0.3, 0.4) is 0 Å². The van der Waals surface area contributed by atoms with E-state index in [1.54, 1.807) is 43.3 Å². The number of aryl methyl sites for hydroxylation is 1. The third-order valence-electron chi connectivity index (χ3n) is 4.28. The first kappa shape index (κ1) is 21.9. The predicted molar refractivity (Wildman–Crippen MR) is 111 cm³/mol. The van der Waals surface area contributed by atoms with Gasteiger partial charge in [0.25, 0.3) is 0 Å². The Balaban J connectivity index is 1.59. The van der Waals surface area contributed by atoms with E-state index in [1.807, 2.05) is 20.8 Å². The van der Waals surface area contributed by atoms with Crippen LogP contribution in [0.5, 0.6) is 5.75 Å². The second kappa shape index (κ2) is 8.95. The summed E-state index contributed by atoms with van der Waals surface area (Å²) < 4.78 is 5.76. The number of carbonyl (C=O) groups excluding carboxylic acids is 2. The fourth-order valence-electron chi connectivity index (χ4n) is 2.92. The van der Waals surface area contributed by atoms with Gasteiger partial charge in [-0.05, 0) is 68.3 Å². The molecule has 0 atom stereocenters. The molecular weight excluding hydrogens is 398 g/mol. The molecule has 0 saturated carbocycles. The molecule has 2 aromatic carbocycles. The number of carbonyl (C=O) groups is 2. The monoisotopic (exact) mass is 422 g/mol. The topological polar surface area (TPSA) is 122 Å². The van der Waals surface area contributed by atoms with Crippen LogP contribution in [-0.4, -0.2) is 37.6 Å². The molecular formula is C22H24N5O4-. The average Bonchev–Trinajstić information content (AvgIpc) is 3.13. The number of carboxylic acids is 1. The van der Waals surface area contributed by atoms with Gasteiger partial charge in [0.15, 0.2) is 0 Å². The first-order valence-corrected chi connectivity index (χ1v) is 9.74. The third kappa shape index (κ3) is 6.11. The van der Waals surface area contributed by atoms with Crippen molar-refractivity contribution in [2.45, 2.75) is 46.4 Å². The smallest absolute Gasteiger partial charge is 0.244 e. The third-order valence-corrected chi connectivity index (χ3v) is 4.28. The summed E-state index contributed by atoms with van der Waals surface area (Å²) in [5.41, 5.74) is 2.06. The second-order valence-corrected chi connectivity index (χ2v) is 8.19. The molecule has 1 heterocycles. The Morgan fingerprint density at radius 1 is 1.13 bits per heavy atom. The standard InChI is InChI=1S/C22H25N5O4/c1-14-11-15(5-10-18(14)21(29)30)13-31-17-8-6-16(7-9-17)20-24-26-27(25-20)12-19(28)23-22(2,3)4/h5-11H,12-13H2,1-4H3,(H,23,28)(H,29,30)/p-1. The van der Waals surface area contributed by atoms with Gasteiger partial charge in [0, 0.05) is 16.7 Å². The van der Waals surface area contributed by atoms with Gasteiger partial charge < -0.3 is 20.0 Å². The molecule has 9 heteroatoms. The van der Waals surface area contributed by atoms with E-state index in [2.05, 4.69) is 20.7 Å². The normalized spacial score (nSPS) is 11.2. The number of tetrazole rings is 1. The highest BCUT2D eigenvalue weighted by Gasteiger charge is 2.15.